The van der Waals surface area contributed by atoms with Gasteiger partial charge in [0.1, 0.15) is 17.5 Å². The minimum absolute atomic E-state index is 0.0771. The van der Waals surface area contributed by atoms with Crippen molar-refractivity contribution in [3.63, 3.8) is 0 Å². The standard InChI is InChI=1S/C14H15F3N4O/c1-8-5-11(14(15,16)17)10(6-18)13(20-8)19-7-9-3-2-4-12(22)21-9/h5,9H,2-4,7H2,1H3,(H,19,20)(H,21,22)/t9-/m1/s1. The molecule has 0 saturated carbocycles. The van der Waals surface area contributed by atoms with E-state index in [1.54, 1.807) is 6.07 Å². The number of alkyl halides is 3. The molecule has 1 saturated heterocycles. The molecule has 0 aliphatic carbocycles. The van der Waals surface area contributed by atoms with Gasteiger partial charge < -0.3 is 10.6 Å². The average Bonchev–Trinajstić information content (AvgIpc) is 2.43. The highest BCUT2D eigenvalue weighted by Crippen LogP contribution is 2.34. The number of aryl methyl sites for hydroxylation is 1. The number of nitrogens with one attached hydrogen (secondary N) is 2. The minimum atomic E-state index is -4.62. The largest absolute Gasteiger partial charge is 0.417 e. The van der Waals surface area contributed by atoms with Gasteiger partial charge in [-0.05, 0) is 25.8 Å². The van der Waals surface area contributed by atoms with Crippen LogP contribution in [0.2, 0.25) is 0 Å². The summed E-state index contributed by atoms with van der Waals surface area (Å²) in [7, 11) is 0. The van der Waals surface area contributed by atoms with Crippen molar-refractivity contribution in [1.29, 1.82) is 5.26 Å². The summed E-state index contributed by atoms with van der Waals surface area (Å²) in [6.07, 6.45) is -2.69. The molecule has 1 aliphatic heterocycles. The first-order chi connectivity index (χ1) is 10.3. The molecule has 2 N–H and O–H groups in total. The Balaban J connectivity index is 2.22. The fourth-order valence-electron chi connectivity index (χ4n) is 2.39. The summed E-state index contributed by atoms with van der Waals surface area (Å²) in [6, 6.07) is 2.24. The van der Waals surface area contributed by atoms with Crippen molar-refractivity contribution in [2.75, 3.05) is 11.9 Å². The molecule has 8 heteroatoms. The molecule has 0 bridgehead atoms. The first-order valence-corrected chi connectivity index (χ1v) is 6.83. The number of pyridine rings is 1. The lowest BCUT2D eigenvalue weighted by molar-refractivity contribution is -0.137. The number of halogens is 3. The van der Waals surface area contributed by atoms with Gasteiger partial charge in [0, 0.05) is 24.7 Å². The number of piperidine rings is 1. The number of rotatable bonds is 3. The van der Waals surface area contributed by atoms with Gasteiger partial charge in [0.2, 0.25) is 5.91 Å². The lowest BCUT2D eigenvalue weighted by atomic mass is 10.0. The van der Waals surface area contributed by atoms with Crippen LogP contribution in [0, 0.1) is 18.3 Å². The van der Waals surface area contributed by atoms with E-state index in [1.807, 2.05) is 0 Å². The second kappa shape index (κ2) is 6.22. The summed E-state index contributed by atoms with van der Waals surface area (Å²) in [5, 5.41) is 14.5. The molecule has 1 amide bonds. The molecular weight excluding hydrogens is 297 g/mol. The van der Waals surface area contributed by atoms with Crippen molar-refractivity contribution in [1.82, 2.24) is 10.3 Å². The fourth-order valence-corrected chi connectivity index (χ4v) is 2.39. The zero-order valence-corrected chi connectivity index (χ0v) is 11.9. The number of aromatic nitrogens is 1. The van der Waals surface area contributed by atoms with Gasteiger partial charge in [-0.25, -0.2) is 4.98 Å². The van der Waals surface area contributed by atoms with Gasteiger partial charge in [-0.2, -0.15) is 18.4 Å². The van der Waals surface area contributed by atoms with E-state index in [1.165, 1.54) is 6.92 Å². The number of carbonyl (C=O) groups is 1. The Hall–Kier alpha value is -2.30. The summed E-state index contributed by atoms with van der Waals surface area (Å²) in [5.74, 6) is -0.179. The Morgan fingerprint density at radius 2 is 2.27 bits per heavy atom. The lowest BCUT2D eigenvalue weighted by Crippen LogP contribution is -2.43. The Labute approximate surface area is 125 Å². The smallest absolute Gasteiger partial charge is 0.367 e. The second-order valence-corrected chi connectivity index (χ2v) is 5.18. The van der Waals surface area contributed by atoms with Crippen LogP contribution in [0.25, 0.3) is 0 Å². The first kappa shape index (κ1) is 16.1. The molecule has 1 aliphatic rings. The molecular formula is C14H15F3N4O. The lowest BCUT2D eigenvalue weighted by Gasteiger charge is -2.24. The molecule has 0 radical (unpaired) electrons. The van der Waals surface area contributed by atoms with Gasteiger partial charge in [-0.15, -0.1) is 0 Å². The molecule has 2 rings (SSSR count). The Morgan fingerprint density at radius 3 is 2.86 bits per heavy atom. The quantitative estimate of drug-likeness (QED) is 0.898. The van der Waals surface area contributed by atoms with E-state index >= 15 is 0 Å². The molecule has 0 unspecified atom stereocenters. The number of nitrogens with zero attached hydrogens (tertiary/aromatic N) is 2. The van der Waals surface area contributed by atoms with Crippen molar-refractivity contribution < 1.29 is 18.0 Å². The van der Waals surface area contributed by atoms with Gasteiger partial charge in [0.05, 0.1) is 5.56 Å². The number of nitriles is 1. The van der Waals surface area contributed by atoms with Crippen LogP contribution in [0.3, 0.4) is 0 Å². The van der Waals surface area contributed by atoms with Crippen molar-refractivity contribution in [3.8, 4) is 6.07 Å². The molecule has 1 atom stereocenters. The predicted molar refractivity (Wildman–Crippen MR) is 73.0 cm³/mol. The summed E-state index contributed by atoms with van der Waals surface area (Å²) in [4.78, 5) is 15.3. The monoisotopic (exact) mass is 312 g/mol. The van der Waals surface area contributed by atoms with Crippen LogP contribution in [0.5, 0.6) is 0 Å². The molecule has 1 aromatic rings. The highest BCUT2D eigenvalue weighted by molar-refractivity contribution is 5.77. The average molecular weight is 312 g/mol. The van der Waals surface area contributed by atoms with Crippen molar-refractivity contribution >= 4 is 11.7 Å². The maximum atomic E-state index is 13.0. The van der Waals surface area contributed by atoms with Gasteiger partial charge in [-0.1, -0.05) is 0 Å². The van der Waals surface area contributed by atoms with E-state index < -0.39 is 17.3 Å². The molecule has 118 valence electrons. The number of amides is 1. The molecule has 1 fully saturated rings. The number of carbonyl (C=O) groups excluding carboxylic acids is 1. The third kappa shape index (κ3) is 3.67. The zero-order chi connectivity index (χ0) is 16.3. The zero-order valence-electron chi connectivity index (χ0n) is 11.9. The van der Waals surface area contributed by atoms with Crippen LogP contribution >= 0.6 is 0 Å². The van der Waals surface area contributed by atoms with E-state index in [4.69, 9.17) is 5.26 Å². The summed E-state index contributed by atoms with van der Waals surface area (Å²) in [5.41, 5.74) is -1.36. The SMILES string of the molecule is Cc1cc(C(F)(F)F)c(C#N)c(NC[C@H]2CCCC(=O)N2)n1. The van der Waals surface area contributed by atoms with Crippen LogP contribution in [0.1, 0.15) is 36.1 Å². The third-order valence-corrected chi connectivity index (χ3v) is 3.40. The molecule has 0 spiro atoms. The predicted octanol–water partition coefficient (Wildman–Crippen LogP) is 2.36. The normalized spacial score (nSPS) is 18.5. The maximum Gasteiger partial charge on any atom is 0.417 e. The Bertz CT molecular complexity index is 622. The van der Waals surface area contributed by atoms with Crippen molar-refractivity contribution in [2.24, 2.45) is 0 Å². The molecule has 2 heterocycles. The first-order valence-electron chi connectivity index (χ1n) is 6.83. The van der Waals surface area contributed by atoms with Crippen molar-refractivity contribution in [2.45, 2.75) is 38.4 Å². The van der Waals surface area contributed by atoms with E-state index in [9.17, 15) is 18.0 Å². The Morgan fingerprint density at radius 1 is 1.55 bits per heavy atom. The van der Waals surface area contributed by atoms with E-state index in [0.717, 1.165) is 18.9 Å². The van der Waals surface area contributed by atoms with Crippen LogP contribution in [0.15, 0.2) is 6.07 Å². The van der Waals surface area contributed by atoms with E-state index in [-0.39, 0.29) is 30.0 Å². The van der Waals surface area contributed by atoms with Crippen LogP contribution < -0.4 is 10.6 Å². The highest BCUT2D eigenvalue weighted by Gasteiger charge is 2.35. The fraction of sp³-hybridized carbons (Fsp3) is 0.500. The van der Waals surface area contributed by atoms with Gasteiger partial charge in [0.25, 0.3) is 0 Å². The molecule has 22 heavy (non-hydrogen) atoms. The van der Waals surface area contributed by atoms with Gasteiger partial charge in [-0.3, -0.25) is 4.79 Å². The van der Waals surface area contributed by atoms with Crippen LogP contribution in [0.4, 0.5) is 19.0 Å². The number of hydrogen-bond acceptors (Lipinski definition) is 4. The highest BCUT2D eigenvalue weighted by atomic mass is 19.4. The number of hydrogen-bond donors (Lipinski definition) is 2. The van der Waals surface area contributed by atoms with Crippen LogP contribution in [-0.2, 0) is 11.0 Å². The molecule has 0 aromatic carbocycles. The molecule has 5 nitrogen and oxygen atoms in total. The van der Waals surface area contributed by atoms with Crippen molar-refractivity contribution in [3.05, 3.63) is 22.9 Å². The summed E-state index contributed by atoms with van der Waals surface area (Å²) < 4.78 is 38.9. The van der Waals surface area contributed by atoms with Gasteiger partial charge in [0.15, 0.2) is 0 Å². The summed E-state index contributed by atoms with van der Waals surface area (Å²) >= 11 is 0. The van der Waals surface area contributed by atoms with E-state index in [2.05, 4.69) is 15.6 Å². The topological polar surface area (TPSA) is 77.8 Å². The van der Waals surface area contributed by atoms with Crippen LogP contribution in [-0.4, -0.2) is 23.5 Å². The number of anilines is 1. The third-order valence-electron chi connectivity index (χ3n) is 3.40. The minimum Gasteiger partial charge on any atom is -0.367 e. The van der Waals surface area contributed by atoms with Gasteiger partial charge >= 0.3 is 6.18 Å². The van der Waals surface area contributed by atoms with E-state index in [0.29, 0.717) is 6.42 Å². The second-order valence-electron chi connectivity index (χ2n) is 5.18. The maximum absolute atomic E-state index is 13.0. The summed E-state index contributed by atoms with van der Waals surface area (Å²) in [6.45, 7) is 1.66. The Kier molecular flexibility index (Phi) is 4.54. The molecule has 1 aromatic heterocycles.